The number of halogens is 2. The van der Waals surface area contributed by atoms with Gasteiger partial charge in [0.1, 0.15) is 0 Å². The molecule has 0 aliphatic rings. The van der Waals surface area contributed by atoms with Gasteiger partial charge in [-0.3, -0.25) is 0 Å². The van der Waals surface area contributed by atoms with Crippen molar-refractivity contribution < 1.29 is 4.74 Å². The third-order valence-electron chi connectivity index (χ3n) is 2.49. The molecule has 3 rings (SSSR count). The smallest absolute Gasteiger partial charge is 0.300 e. The number of aromatic amines is 1. The first-order valence-electron chi connectivity index (χ1n) is 5.30. The third kappa shape index (κ3) is 2.15. The number of benzene rings is 2. The van der Waals surface area contributed by atoms with E-state index >= 15 is 0 Å². The highest BCUT2D eigenvalue weighted by Gasteiger charge is 2.10. The fourth-order valence-electron chi connectivity index (χ4n) is 1.65. The zero-order chi connectivity index (χ0) is 12.5. The largest absolute Gasteiger partial charge is 0.423 e. The maximum absolute atomic E-state index is 5.76. The second kappa shape index (κ2) is 4.74. The number of ether oxygens (including phenoxy) is 1. The molecule has 0 unspecified atom stereocenters. The average molecular weight is 368 g/mol. The van der Waals surface area contributed by atoms with Gasteiger partial charge >= 0.3 is 0 Å². The Morgan fingerprint density at radius 2 is 1.67 bits per heavy atom. The maximum atomic E-state index is 5.76. The Labute approximate surface area is 120 Å². The van der Waals surface area contributed by atoms with Crippen LogP contribution < -0.4 is 4.74 Å². The van der Waals surface area contributed by atoms with Crippen LogP contribution >= 0.6 is 31.9 Å². The molecular weight excluding hydrogens is 360 g/mol. The normalized spacial score (nSPS) is 10.8. The Morgan fingerprint density at radius 3 is 2.39 bits per heavy atom. The molecule has 3 nitrogen and oxygen atoms in total. The number of hydrogen-bond donors (Lipinski definition) is 1. The van der Waals surface area contributed by atoms with Crippen LogP contribution in [0.5, 0.6) is 11.8 Å². The van der Waals surface area contributed by atoms with E-state index in [4.69, 9.17) is 4.74 Å². The molecule has 3 aromatic rings. The van der Waals surface area contributed by atoms with Crippen LogP contribution in [0.25, 0.3) is 11.0 Å². The Hall–Kier alpha value is -1.33. The number of nitrogens with one attached hydrogen (secondary N) is 1. The minimum Gasteiger partial charge on any atom is -0.423 e. The summed E-state index contributed by atoms with van der Waals surface area (Å²) < 4.78 is 7.51. The van der Waals surface area contributed by atoms with Gasteiger partial charge in [0.25, 0.3) is 6.01 Å². The van der Waals surface area contributed by atoms with Gasteiger partial charge < -0.3 is 9.72 Å². The molecule has 1 N–H and O–H groups in total. The Balaban J connectivity index is 2.01. The number of nitrogens with zero attached hydrogens (tertiary/aromatic N) is 1. The number of H-pyrrole nitrogens is 1. The molecular formula is C13H8Br2N2O. The van der Waals surface area contributed by atoms with Crippen LogP contribution in [0.1, 0.15) is 0 Å². The highest BCUT2D eigenvalue weighted by Crippen LogP contribution is 2.35. The van der Waals surface area contributed by atoms with E-state index in [2.05, 4.69) is 41.8 Å². The molecule has 1 heterocycles. The quantitative estimate of drug-likeness (QED) is 0.700. The van der Waals surface area contributed by atoms with Crippen LogP contribution in [0, 0.1) is 0 Å². The van der Waals surface area contributed by atoms with E-state index < -0.39 is 0 Å². The highest BCUT2D eigenvalue weighted by molar-refractivity contribution is 9.11. The zero-order valence-corrected chi connectivity index (χ0v) is 12.3. The van der Waals surface area contributed by atoms with E-state index in [1.807, 2.05) is 42.5 Å². The second-order valence-corrected chi connectivity index (χ2v) is 5.42. The Morgan fingerprint density at radius 1 is 0.944 bits per heavy atom. The molecule has 0 atom stereocenters. The summed E-state index contributed by atoms with van der Waals surface area (Å²) in [6.07, 6.45) is 0. The first kappa shape index (κ1) is 11.7. The number of hydrogen-bond acceptors (Lipinski definition) is 2. The molecule has 1 aromatic heterocycles. The van der Waals surface area contributed by atoms with Crippen molar-refractivity contribution in [3.8, 4) is 11.8 Å². The first-order valence-corrected chi connectivity index (χ1v) is 6.89. The molecule has 0 aliphatic heterocycles. The maximum Gasteiger partial charge on any atom is 0.300 e. The summed E-state index contributed by atoms with van der Waals surface area (Å²) in [5.41, 5.74) is 1.84. The minimum absolute atomic E-state index is 0.476. The Bertz CT molecular complexity index is 656. The topological polar surface area (TPSA) is 37.9 Å². The van der Waals surface area contributed by atoms with Gasteiger partial charge in [0.15, 0.2) is 5.75 Å². The van der Waals surface area contributed by atoms with Crippen molar-refractivity contribution in [3.05, 3.63) is 51.4 Å². The minimum atomic E-state index is 0.476. The predicted molar refractivity (Wildman–Crippen MR) is 78.0 cm³/mol. The lowest BCUT2D eigenvalue weighted by atomic mass is 10.3. The molecule has 90 valence electrons. The van der Waals surface area contributed by atoms with Gasteiger partial charge in [-0.2, -0.15) is 4.98 Å². The summed E-state index contributed by atoms with van der Waals surface area (Å²) >= 11 is 6.90. The van der Waals surface area contributed by atoms with E-state index in [1.165, 1.54) is 0 Å². The van der Waals surface area contributed by atoms with Crippen molar-refractivity contribution in [1.82, 2.24) is 9.97 Å². The van der Waals surface area contributed by atoms with Crippen LogP contribution in [-0.2, 0) is 0 Å². The van der Waals surface area contributed by atoms with Crippen molar-refractivity contribution in [2.75, 3.05) is 0 Å². The number of rotatable bonds is 2. The zero-order valence-electron chi connectivity index (χ0n) is 9.15. The van der Waals surface area contributed by atoms with Crippen LogP contribution in [0.3, 0.4) is 0 Å². The van der Waals surface area contributed by atoms with Gasteiger partial charge in [0.2, 0.25) is 0 Å². The monoisotopic (exact) mass is 366 g/mol. The van der Waals surface area contributed by atoms with Gasteiger partial charge in [-0.15, -0.1) is 0 Å². The standard InChI is InChI=1S/C13H8Br2N2O/c14-8-4-3-5-9(15)12(8)18-13-16-10-6-1-2-7-11(10)17-13/h1-7H,(H,16,17). The van der Waals surface area contributed by atoms with Crippen molar-refractivity contribution in [3.63, 3.8) is 0 Å². The molecule has 2 aromatic carbocycles. The summed E-state index contributed by atoms with van der Waals surface area (Å²) in [7, 11) is 0. The first-order chi connectivity index (χ1) is 8.74. The molecule has 0 fully saturated rings. The molecule has 0 saturated carbocycles. The fraction of sp³-hybridized carbons (Fsp3) is 0. The second-order valence-electron chi connectivity index (χ2n) is 3.71. The summed E-state index contributed by atoms with van der Waals surface area (Å²) in [5.74, 6) is 0.705. The molecule has 18 heavy (non-hydrogen) atoms. The van der Waals surface area contributed by atoms with Crippen LogP contribution in [0.2, 0.25) is 0 Å². The molecule has 0 amide bonds. The van der Waals surface area contributed by atoms with Crippen molar-refractivity contribution in [1.29, 1.82) is 0 Å². The van der Waals surface area contributed by atoms with Crippen molar-refractivity contribution in [2.24, 2.45) is 0 Å². The number of fused-ring (bicyclic) bond motifs is 1. The molecule has 0 spiro atoms. The van der Waals surface area contributed by atoms with Gasteiger partial charge in [-0.05, 0) is 56.1 Å². The van der Waals surface area contributed by atoms with Crippen molar-refractivity contribution >= 4 is 42.9 Å². The number of imidazole rings is 1. The highest BCUT2D eigenvalue weighted by atomic mass is 79.9. The summed E-state index contributed by atoms with van der Waals surface area (Å²) in [5, 5.41) is 0. The van der Waals surface area contributed by atoms with Gasteiger partial charge in [0, 0.05) is 0 Å². The van der Waals surface area contributed by atoms with E-state index in [-0.39, 0.29) is 0 Å². The lowest BCUT2D eigenvalue weighted by Gasteiger charge is -2.06. The van der Waals surface area contributed by atoms with Crippen LogP contribution in [0.4, 0.5) is 0 Å². The average Bonchev–Trinajstić information content (AvgIpc) is 2.76. The van der Waals surface area contributed by atoms with Gasteiger partial charge in [-0.25, -0.2) is 0 Å². The van der Waals surface area contributed by atoms with Gasteiger partial charge in [0.05, 0.1) is 20.0 Å². The molecule has 5 heteroatoms. The molecule has 0 bridgehead atoms. The third-order valence-corrected chi connectivity index (χ3v) is 3.73. The van der Waals surface area contributed by atoms with E-state index in [1.54, 1.807) is 0 Å². The fourth-order valence-corrected chi connectivity index (χ4v) is 2.81. The lowest BCUT2D eigenvalue weighted by Crippen LogP contribution is -1.88. The lowest BCUT2D eigenvalue weighted by molar-refractivity contribution is 0.444. The van der Waals surface area contributed by atoms with Gasteiger partial charge in [-0.1, -0.05) is 18.2 Å². The van der Waals surface area contributed by atoms with E-state index in [0.717, 1.165) is 20.0 Å². The van der Waals surface area contributed by atoms with Crippen molar-refractivity contribution in [2.45, 2.75) is 0 Å². The summed E-state index contributed by atoms with van der Waals surface area (Å²) in [6, 6.07) is 14.0. The molecule has 0 radical (unpaired) electrons. The summed E-state index contributed by atoms with van der Waals surface area (Å²) in [6.45, 7) is 0. The molecule has 0 saturated heterocycles. The molecule has 0 aliphatic carbocycles. The van der Waals surface area contributed by atoms with Crippen LogP contribution in [-0.4, -0.2) is 9.97 Å². The predicted octanol–water partition coefficient (Wildman–Crippen LogP) is 4.88. The SMILES string of the molecule is Brc1cccc(Br)c1Oc1nc2ccccc2[nH]1. The Kier molecular flexibility index (Phi) is 3.09. The van der Waals surface area contributed by atoms with E-state index in [9.17, 15) is 0 Å². The number of aromatic nitrogens is 2. The number of para-hydroxylation sites is 3. The van der Waals surface area contributed by atoms with E-state index in [0.29, 0.717) is 11.8 Å². The van der Waals surface area contributed by atoms with Crippen LogP contribution in [0.15, 0.2) is 51.4 Å². The summed E-state index contributed by atoms with van der Waals surface area (Å²) in [4.78, 5) is 7.49.